The number of aliphatic hydroxyl groups excluding tert-OH is 1. The minimum absolute atomic E-state index is 0.0135. The lowest BCUT2D eigenvalue weighted by Crippen LogP contribution is -2.05. The average molecular weight is 260 g/mol. The van der Waals surface area contributed by atoms with Gasteiger partial charge < -0.3 is 14.6 Å². The van der Waals surface area contributed by atoms with E-state index in [0.717, 1.165) is 5.56 Å². The zero-order chi connectivity index (χ0) is 14.0. The zero-order valence-electron chi connectivity index (χ0n) is 10.8. The number of aromatic carboxylic acids is 1. The summed E-state index contributed by atoms with van der Waals surface area (Å²) < 4.78 is 5.09. The fraction of sp³-hybridized carbons (Fsp3) is 0.267. The number of rotatable bonds is 4. The molecule has 0 amide bonds. The van der Waals surface area contributed by atoms with Crippen molar-refractivity contribution in [2.45, 2.75) is 25.9 Å². The summed E-state index contributed by atoms with van der Waals surface area (Å²) in [5.41, 5.74) is 1.76. The molecule has 19 heavy (non-hydrogen) atoms. The fourth-order valence-electron chi connectivity index (χ4n) is 1.92. The van der Waals surface area contributed by atoms with Gasteiger partial charge in [0.1, 0.15) is 11.7 Å². The van der Waals surface area contributed by atoms with E-state index in [0.29, 0.717) is 11.5 Å². The van der Waals surface area contributed by atoms with Crippen LogP contribution in [0.2, 0.25) is 0 Å². The molecule has 0 saturated carbocycles. The second-order valence-corrected chi connectivity index (χ2v) is 4.73. The normalized spacial score (nSPS) is 12.6. The quantitative estimate of drug-likeness (QED) is 0.885. The minimum Gasteiger partial charge on any atom is -0.478 e. The molecule has 0 aliphatic rings. The largest absolute Gasteiger partial charge is 0.478 e. The van der Waals surface area contributed by atoms with Gasteiger partial charge in [-0.05, 0) is 23.1 Å². The number of carbonyl (C=O) groups is 1. The SMILES string of the molecule is CC(C)c1ccc(C(O)c2occc2C(=O)O)cc1. The zero-order valence-corrected chi connectivity index (χ0v) is 10.8. The Morgan fingerprint density at radius 2 is 1.68 bits per heavy atom. The van der Waals surface area contributed by atoms with Gasteiger partial charge in [0, 0.05) is 0 Å². The second kappa shape index (κ2) is 5.28. The van der Waals surface area contributed by atoms with Crippen LogP contribution in [0.15, 0.2) is 41.0 Å². The molecule has 0 aliphatic heterocycles. The van der Waals surface area contributed by atoms with Crippen molar-refractivity contribution in [2.24, 2.45) is 0 Å². The standard InChI is InChI=1S/C15H16O4/c1-9(2)10-3-5-11(6-4-10)13(16)14-12(15(17)18)7-8-19-14/h3-9,13,16H,1-2H3,(H,17,18). The van der Waals surface area contributed by atoms with Gasteiger partial charge in [-0.15, -0.1) is 0 Å². The van der Waals surface area contributed by atoms with Gasteiger partial charge in [-0.1, -0.05) is 38.1 Å². The van der Waals surface area contributed by atoms with E-state index in [2.05, 4.69) is 13.8 Å². The van der Waals surface area contributed by atoms with E-state index in [1.165, 1.54) is 12.3 Å². The van der Waals surface area contributed by atoms with Crippen molar-refractivity contribution in [1.82, 2.24) is 0 Å². The summed E-state index contributed by atoms with van der Waals surface area (Å²) in [6, 6.07) is 8.75. The van der Waals surface area contributed by atoms with E-state index in [1.54, 1.807) is 12.1 Å². The minimum atomic E-state index is -1.11. The molecular weight excluding hydrogens is 244 g/mol. The Kier molecular flexibility index (Phi) is 3.71. The van der Waals surface area contributed by atoms with Crippen LogP contribution in [0.1, 0.15) is 53.1 Å². The monoisotopic (exact) mass is 260 g/mol. The molecule has 4 nitrogen and oxygen atoms in total. The molecule has 0 saturated heterocycles. The molecule has 0 aliphatic carbocycles. The lowest BCUT2D eigenvalue weighted by atomic mass is 9.98. The van der Waals surface area contributed by atoms with E-state index in [-0.39, 0.29) is 11.3 Å². The number of carboxylic acid groups (broad SMARTS) is 1. The summed E-state index contributed by atoms with van der Waals surface area (Å²) >= 11 is 0. The van der Waals surface area contributed by atoms with Crippen molar-refractivity contribution in [3.05, 3.63) is 59.0 Å². The van der Waals surface area contributed by atoms with Gasteiger partial charge in [0.15, 0.2) is 5.76 Å². The van der Waals surface area contributed by atoms with Gasteiger partial charge in [-0.25, -0.2) is 4.79 Å². The van der Waals surface area contributed by atoms with Crippen LogP contribution >= 0.6 is 0 Å². The van der Waals surface area contributed by atoms with Crippen molar-refractivity contribution < 1.29 is 19.4 Å². The number of hydrogen-bond acceptors (Lipinski definition) is 3. The summed E-state index contributed by atoms with van der Waals surface area (Å²) in [6.45, 7) is 4.17. The maximum absolute atomic E-state index is 11.0. The molecule has 2 aromatic rings. The lowest BCUT2D eigenvalue weighted by Gasteiger charge is -2.11. The Hall–Kier alpha value is -2.07. The van der Waals surface area contributed by atoms with Crippen LogP contribution < -0.4 is 0 Å². The third-order valence-electron chi connectivity index (χ3n) is 3.09. The van der Waals surface area contributed by atoms with Gasteiger partial charge in [0.25, 0.3) is 0 Å². The molecule has 1 heterocycles. The average Bonchev–Trinajstić information content (AvgIpc) is 2.87. The third kappa shape index (κ3) is 2.69. The van der Waals surface area contributed by atoms with Crippen molar-refractivity contribution >= 4 is 5.97 Å². The van der Waals surface area contributed by atoms with Crippen LogP contribution in [0.4, 0.5) is 0 Å². The maximum Gasteiger partial charge on any atom is 0.339 e. The highest BCUT2D eigenvalue weighted by molar-refractivity contribution is 5.88. The molecule has 0 bridgehead atoms. The molecule has 1 unspecified atom stereocenters. The predicted molar refractivity (Wildman–Crippen MR) is 70.3 cm³/mol. The number of benzene rings is 1. The van der Waals surface area contributed by atoms with E-state index in [1.807, 2.05) is 12.1 Å². The Morgan fingerprint density at radius 3 is 2.21 bits per heavy atom. The first kappa shape index (κ1) is 13.4. The van der Waals surface area contributed by atoms with Crippen LogP contribution in [0.25, 0.3) is 0 Å². The summed E-state index contributed by atoms with van der Waals surface area (Å²) in [5.74, 6) is -0.643. The van der Waals surface area contributed by atoms with Gasteiger partial charge >= 0.3 is 5.97 Å². The first-order chi connectivity index (χ1) is 9.00. The van der Waals surface area contributed by atoms with Gasteiger partial charge in [-0.3, -0.25) is 0 Å². The Morgan fingerprint density at radius 1 is 1.11 bits per heavy atom. The van der Waals surface area contributed by atoms with Crippen LogP contribution in [0.3, 0.4) is 0 Å². The van der Waals surface area contributed by atoms with E-state index in [4.69, 9.17) is 9.52 Å². The summed E-state index contributed by atoms with van der Waals surface area (Å²) in [5, 5.41) is 19.2. The molecule has 100 valence electrons. The molecule has 1 atom stereocenters. The topological polar surface area (TPSA) is 70.7 Å². The van der Waals surface area contributed by atoms with Crippen LogP contribution in [0.5, 0.6) is 0 Å². The maximum atomic E-state index is 11.0. The van der Waals surface area contributed by atoms with Gasteiger partial charge in [0.05, 0.1) is 6.26 Å². The molecule has 1 aromatic heterocycles. The van der Waals surface area contributed by atoms with Crippen molar-refractivity contribution in [1.29, 1.82) is 0 Å². The number of hydrogen-bond donors (Lipinski definition) is 2. The first-order valence-electron chi connectivity index (χ1n) is 6.09. The van der Waals surface area contributed by atoms with Crippen LogP contribution in [-0.2, 0) is 0 Å². The molecule has 1 aromatic carbocycles. The Balaban J connectivity index is 2.30. The highest BCUT2D eigenvalue weighted by Crippen LogP contribution is 2.27. The molecule has 0 fully saturated rings. The molecule has 2 rings (SSSR count). The van der Waals surface area contributed by atoms with Gasteiger partial charge in [0.2, 0.25) is 0 Å². The molecular formula is C15H16O4. The molecule has 4 heteroatoms. The van der Waals surface area contributed by atoms with E-state index in [9.17, 15) is 9.90 Å². The van der Waals surface area contributed by atoms with Crippen LogP contribution in [0, 0.1) is 0 Å². The van der Waals surface area contributed by atoms with Crippen molar-refractivity contribution in [3.8, 4) is 0 Å². The Bertz CT molecular complexity index is 566. The van der Waals surface area contributed by atoms with Crippen LogP contribution in [-0.4, -0.2) is 16.2 Å². The lowest BCUT2D eigenvalue weighted by molar-refractivity contribution is 0.0687. The highest BCUT2D eigenvalue weighted by Gasteiger charge is 2.22. The molecule has 0 radical (unpaired) electrons. The van der Waals surface area contributed by atoms with E-state index >= 15 is 0 Å². The van der Waals surface area contributed by atoms with E-state index < -0.39 is 12.1 Å². The number of aliphatic hydroxyl groups is 1. The van der Waals surface area contributed by atoms with Crippen molar-refractivity contribution in [2.75, 3.05) is 0 Å². The predicted octanol–water partition coefficient (Wildman–Crippen LogP) is 3.18. The number of carboxylic acids is 1. The number of furan rings is 1. The first-order valence-corrected chi connectivity index (χ1v) is 6.09. The second-order valence-electron chi connectivity index (χ2n) is 4.73. The molecule has 0 spiro atoms. The summed E-state index contributed by atoms with van der Waals surface area (Å²) in [7, 11) is 0. The highest BCUT2D eigenvalue weighted by atomic mass is 16.4. The summed E-state index contributed by atoms with van der Waals surface area (Å²) in [6.07, 6.45) is 0.201. The third-order valence-corrected chi connectivity index (χ3v) is 3.09. The molecule has 2 N–H and O–H groups in total. The summed E-state index contributed by atoms with van der Waals surface area (Å²) in [4.78, 5) is 11.0. The fourth-order valence-corrected chi connectivity index (χ4v) is 1.92. The van der Waals surface area contributed by atoms with Crippen molar-refractivity contribution in [3.63, 3.8) is 0 Å². The Labute approximate surface area is 111 Å². The van der Waals surface area contributed by atoms with Gasteiger partial charge in [-0.2, -0.15) is 0 Å². The smallest absolute Gasteiger partial charge is 0.339 e.